The number of pyridine rings is 1. The van der Waals surface area contributed by atoms with Crippen LogP contribution in [0.1, 0.15) is 36.5 Å². The lowest BCUT2D eigenvalue weighted by molar-refractivity contribution is 0.273. The Bertz CT molecular complexity index is 1140. The number of likely N-dealkylation sites (N-methyl/N-ethyl adjacent to an activating group) is 1. The Morgan fingerprint density at radius 2 is 1.80 bits per heavy atom. The van der Waals surface area contributed by atoms with Gasteiger partial charge in [-0.1, -0.05) is 43.3 Å². The summed E-state index contributed by atoms with van der Waals surface area (Å²) in [5, 5.41) is 12.5. The lowest BCUT2D eigenvalue weighted by atomic mass is 10.0. The van der Waals surface area contributed by atoms with Crippen molar-refractivity contribution in [2.24, 2.45) is 4.99 Å². The van der Waals surface area contributed by atoms with Gasteiger partial charge in [-0.2, -0.15) is 0 Å². The van der Waals surface area contributed by atoms with Gasteiger partial charge in [-0.15, -0.1) is 0 Å². The van der Waals surface area contributed by atoms with Crippen molar-refractivity contribution in [3.63, 3.8) is 0 Å². The van der Waals surface area contributed by atoms with Gasteiger partial charge in [0.15, 0.2) is 0 Å². The third-order valence-corrected chi connectivity index (χ3v) is 6.21. The van der Waals surface area contributed by atoms with Gasteiger partial charge in [0.25, 0.3) is 5.56 Å². The fourth-order valence-corrected chi connectivity index (χ4v) is 4.64. The second-order valence-corrected chi connectivity index (χ2v) is 8.08. The molecule has 0 bridgehead atoms. The van der Waals surface area contributed by atoms with Crippen molar-refractivity contribution in [3.05, 3.63) is 69.5 Å². The zero-order valence-electron chi connectivity index (χ0n) is 17.9. The molecule has 2 aromatic carbocycles. The number of aromatic hydroxyl groups is 1. The highest BCUT2D eigenvalue weighted by Gasteiger charge is 2.22. The average Bonchev–Trinajstić information content (AvgIpc) is 3.20. The number of benzene rings is 2. The van der Waals surface area contributed by atoms with E-state index in [-0.39, 0.29) is 11.4 Å². The topological polar surface area (TPSA) is 57.8 Å². The second kappa shape index (κ2) is 8.44. The van der Waals surface area contributed by atoms with Gasteiger partial charge in [0, 0.05) is 23.0 Å². The number of aromatic nitrogens is 1. The van der Waals surface area contributed by atoms with Crippen molar-refractivity contribution in [1.29, 1.82) is 0 Å². The van der Waals surface area contributed by atoms with E-state index in [0.29, 0.717) is 23.5 Å². The first-order chi connectivity index (χ1) is 14.5. The molecule has 1 fully saturated rings. The Hall–Kier alpha value is -2.92. The highest BCUT2D eigenvalue weighted by atomic mass is 16.3. The van der Waals surface area contributed by atoms with Gasteiger partial charge < -0.3 is 5.11 Å². The molecule has 0 amide bonds. The fourth-order valence-electron chi connectivity index (χ4n) is 4.64. The molecule has 1 saturated heterocycles. The Morgan fingerprint density at radius 1 is 1.10 bits per heavy atom. The first-order valence-corrected chi connectivity index (χ1v) is 10.7. The van der Waals surface area contributed by atoms with Crippen molar-refractivity contribution in [2.75, 3.05) is 19.6 Å². The number of likely N-dealkylation sites (tertiary alicyclic amines) is 1. The molecule has 1 aliphatic rings. The first kappa shape index (κ1) is 20.4. The summed E-state index contributed by atoms with van der Waals surface area (Å²) in [6, 6.07) is 13.7. The van der Waals surface area contributed by atoms with Crippen LogP contribution in [0.3, 0.4) is 0 Å². The minimum atomic E-state index is -0.217. The number of para-hydroxylation sites is 1. The Kier molecular flexibility index (Phi) is 5.73. The minimum absolute atomic E-state index is 0.0568. The molecule has 4 rings (SSSR count). The van der Waals surface area contributed by atoms with Crippen molar-refractivity contribution in [3.8, 4) is 11.6 Å². The van der Waals surface area contributed by atoms with Crippen LogP contribution in [0.15, 0.2) is 52.3 Å². The maximum absolute atomic E-state index is 13.3. The van der Waals surface area contributed by atoms with E-state index in [1.165, 1.54) is 11.0 Å². The van der Waals surface area contributed by atoms with Crippen LogP contribution in [0.4, 0.5) is 0 Å². The largest absolute Gasteiger partial charge is 0.494 e. The summed E-state index contributed by atoms with van der Waals surface area (Å²) in [5.74, 6) is -0.0568. The van der Waals surface area contributed by atoms with Crippen LogP contribution in [0.5, 0.6) is 5.88 Å². The molecule has 30 heavy (non-hydrogen) atoms. The van der Waals surface area contributed by atoms with Crippen LogP contribution in [0.25, 0.3) is 16.5 Å². The molecule has 156 valence electrons. The van der Waals surface area contributed by atoms with Crippen molar-refractivity contribution >= 4 is 17.0 Å². The minimum Gasteiger partial charge on any atom is -0.494 e. The molecule has 2 heterocycles. The first-order valence-electron chi connectivity index (χ1n) is 10.7. The summed E-state index contributed by atoms with van der Waals surface area (Å²) >= 11 is 0. The number of fused-ring (bicyclic) bond motifs is 1. The predicted molar refractivity (Wildman–Crippen MR) is 123 cm³/mol. The van der Waals surface area contributed by atoms with Crippen LogP contribution in [0.2, 0.25) is 0 Å². The smallest absolute Gasteiger partial charge is 0.265 e. The monoisotopic (exact) mass is 403 g/mol. The number of hydrogen-bond acceptors (Lipinski definition) is 4. The molecule has 0 radical (unpaired) electrons. The molecular formula is C25H29N3O2. The van der Waals surface area contributed by atoms with E-state index in [4.69, 9.17) is 4.99 Å². The van der Waals surface area contributed by atoms with Gasteiger partial charge in [0.05, 0.1) is 17.8 Å². The van der Waals surface area contributed by atoms with Gasteiger partial charge in [0.2, 0.25) is 5.88 Å². The molecule has 5 heteroatoms. The van der Waals surface area contributed by atoms with E-state index in [0.717, 1.165) is 41.7 Å². The maximum Gasteiger partial charge on any atom is 0.265 e. The van der Waals surface area contributed by atoms with Gasteiger partial charge in [-0.3, -0.25) is 14.7 Å². The molecule has 3 aromatic rings. The number of aliphatic imine (C=N–C) groups is 1. The van der Waals surface area contributed by atoms with Crippen LogP contribution in [-0.2, 0) is 0 Å². The SMILES string of the molecule is CCN1CCCC1CN=Cc1c(O)n(-c2c(C)cccc2C)c(=O)c2ccccc12. The average molecular weight is 404 g/mol. The van der Waals surface area contributed by atoms with Gasteiger partial charge in [0.1, 0.15) is 0 Å². The summed E-state index contributed by atoms with van der Waals surface area (Å²) in [4.78, 5) is 20.5. The number of rotatable bonds is 5. The fraction of sp³-hybridized carbons (Fsp3) is 0.360. The number of nitrogens with zero attached hydrogens (tertiary/aromatic N) is 3. The van der Waals surface area contributed by atoms with Crippen LogP contribution < -0.4 is 5.56 Å². The zero-order chi connectivity index (χ0) is 21.3. The van der Waals surface area contributed by atoms with Crippen molar-refractivity contribution in [1.82, 2.24) is 9.47 Å². The second-order valence-electron chi connectivity index (χ2n) is 8.08. The van der Waals surface area contributed by atoms with Crippen molar-refractivity contribution in [2.45, 2.75) is 39.7 Å². The summed E-state index contributed by atoms with van der Waals surface area (Å²) in [6.07, 6.45) is 4.10. The molecule has 1 aromatic heterocycles. The van der Waals surface area contributed by atoms with Crippen molar-refractivity contribution < 1.29 is 5.11 Å². The highest BCUT2D eigenvalue weighted by molar-refractivity contribution is 6.01. The highest BCUT2D eigenvalue weighted by Crippen LogP contribution is 2.28. The normalized spacial score (nSPS) is 17.4. The molecule has 1 N–H and O–H groups in total. The molecule has 1 unspecified atom stereocenters. The van der Waals surface area contributed by atoms with Crippen LogP contribution in [-0.4, -0.2) is 46.5 Å². The molecule has 1 aliphatic heterocycles. The Labute approximate surface area is 177 Å². The molecule has 0 aliphatic carbocycles. The third kappa shape index (κ3) is 3.54. The standard InChI is InChI=1S/C25H29N3O2/c1-4-27-14-8-11-19(27)15-26-16-22-20-12-5-6-13-21(20)24(29)28(25(22)30)23-17(2)9-7-10-18(23)3/h5-7,9-10,12-13,16,19,30H,4,8,11,14-15H2,1-3H3. The predicted octanol–water partition coefficient (Wildman–Crippen LogP) is 4.22. The van der Waals surface area contributed by atoms with Crippen LogP contribution >= 0.6 is 0 Å². The van der Waals surface area contributed by atoms with Crippen LogP contribution in [0, 0.1) is 13.8 Å². The summed E-state index contributed by atoms with van der Waals surface area (Å²) in [6.45, 7) is 8.95. The third-order valence-electron chi connectivity index (χ3n) is 6.21. The maximum atomic E-state index is 13.3. The summed E-state index contributed by atoms with van der Waals surface area (Å²) in [7, 11) is 0. The Morgan fingerprint density at radius 3 is 2.50 bits per heavy atom. The molecule has 0 saturated carbocycles. The van der Waals surface area contributed by atoms with Gasteiger partial charge >= 0.3 is 0 Å². The van der Waals surface area contributed by atoms with E-state index < -0.39 is 0 Å². The van der Waals surface area contributed by atoms with Gasteiger partial charge in [-0.05, 0) is 57.0 Å². The van der Waals surface area contributed by atoms with E-state index in [2.05, 4.69) is 11.8 Å². The quantitative estimate of drug-likeness (QED) is 0.649. The molecular weight excluding hydrogens is 374 g/mol. The lowest BCUT2D eigenvalue weighted by Crippen LogP contribution is -2.31. The lowest BCUT2D eigenvalue weighted by Gasteiger charge is -2.20. The number of hydrogen-bond donors (Lipinski definition) is 1. The molecule has 0 spiro atoms. The van der Waals surface area contributed by atoms with E-state index in [1.807, 2.05) is 56.3 Å². The van der Waals surface area contributed by atoms with E-state index in [9.17, 15) is 9.90 Å². The number of aryl methyl sites for hydroxylation is 2. The van der Waals surface area contributed by atoms with E-state index in [1.54, 1.807) is 6.21 Å². The molecule has 5 nitrogen and oxygen atoms in total. The van der Waals surface area contributed by atoms with E-state index >= 15 is 0 Å². The summed E-state index contributed by atoms with van der Waals surface area (Å²) < 4.78 is 1.43. The Balaban J connectivity index is 1.85. The zero-order valence-corrected chi connectivity index (χ0v) is 17.9. The summed E-state index contributed by atoms with van der Waals surface area (Å²) in [5.41, 5.74) is 2.98. The molecule has 1 atom stereocenters. The van der Waals surface area contributed by atoms with Gasteiger partial charge in [-0.25, -0.2) is 4.57 Å².